The molecule has 2 N–H and O–H groups in total. The number of hydrogen-bond acceptors (Lipinski definition) is 4. The maximum Gasteiger partial charge on any atom is 0.240 e. The van der Waals surface area contributed by atoms with Crippen molar-refractivity contribution < 1.29 is 18.3 Å². The van der Waals surface area contributed by atoms with Crippen molar-refractivity contribution in [3.8, 4) is 0 Å². The van der Waals surface area contributed by atoms with Crippen LogP contribution in [0.3, 0.4) is 0 Å². The summed E-state index contributed by atoms with van der Waals surface area (Å²) in [6.07, 6.45) is 2.42. The maximum atomic E-state index is 12.5. The number of rotatable bonds is 6. The van der Waals surface area contributed by atoms with Gasteiger partial charge in [-0.2, -0.15) is 0 Å². The number of aliphatic hydroxyl groups excluding tert-OH is 1. The number of aliphatic hydroxyl groups is 1. The van der Waals surface area contributed by atoms with Crippen LogP contribution in [0.5, 0.6) is 0 Å². The first kappa shape index (κ1) is 16.4. The third-order valence-corrected chi connectivity index (χ3v) is 5.39. The highest BCUT2D eigenvalue weighted by molar-refractivity contribution is 7.89. The van der Waals surface area contributed by atoms with Crippen LogP contribution in [0.1, 0.15) is 30.9 Å². The van der Waals surface area contributed by atoms with Crippen LogP contribution in [0.15, 0.2) is 23.1 Å². The predicted octanol–water partition coefficient (Wildman–Crippen LogP) is 1.45. The van der Waals surface area contributed by atoms with Crippen LogP contribution in [0.4, 0.5) is 0 Å². The summed E-state index contributed by atoms with van der Waals surface area (Å²) in [6.45, 7) is 3.61. The highest BCUT2D eigenvalue weighted by atomic mass is 32.2. The van der Waals surface area contributed by atoms with Crippen molar-refractivity contribution in [2.45, 2.75) is 37.7 Å². The van der Waals surface area contributed by atoms with E-state index in [1.54, 1.807) is 18.2 Å². The van der Waals surface area contributed by atoms with Gasteiger partial charge in [-0.3, -0.25) is 0 Å². The molecule has 0 aliphatic carbocycles. The number of sulfonamides is 1. The molecule has 5 nitrogen and oxygen atoms in total. The van der Waals surface area contributed by atoms with Gasteiger partial charge < -0.3 is 9.84 Å². The van der Waals surface area contributed by atoms with Crippen molar-refractivity contribution in [2.24, 2.45) is 5.92 Å². The van der Waals surface area contributed by atoms with E-state index in [1.807, 2.05) is 6.92 Å². The zero-order chi connectivity index (χ0) is 15.3. The van der Waals surface area contributed by atoms with Crippen molar-refractivity contribution in [3.05, 3.63) is 29.3 Å². The molecule has 0 radical (unpaired) electrons. The second-order valence-corrected chi connectivity index (χ2v) is 7.10. The average molecular weight is 313 g/mol. The molecule has 0 atom stereocenters. The summed E-state index contributed by atoms with van der Waals surface area (Å²) in [5, 5.41) is 9.20. The second kappa shape index (κ2) is 7.35. The summed E-state index contributed by atoms with van der Waals surface area (Å²) in [4.78, 5) is 0.281. The molecule has 1 fully saturated rings. The molecular weight excluding hydrogens is 290 g/mol. The number of nitrogens with one attached hydrogen (secondary N) is 1. The largest absolute Gasteiger partial charge is 0.392 e. The SMILES string of the molecule is CCc1ccc(CO)cc1S(=O)(=O)NCC1CCOCC1. The first-order valence-electron chi connectivity index (χ1n) is 7.37. The molecule has 1 aromatic rings. The molecule has 118 valence electrons. The summed E-state index contributed by atoms with van der Waals surface area (Å²) in [5.74, 6) is 0.333. The van der Waals surface area contributed by atoms with Gasteiger partial charge in [0.25, 0.3) is 0 Å². The zero-order valence-electron chi connectivity index (χ0n) is 12.3. The molecular formula is C15H23NO4S. The van der Waals surface area contributed by atoms with Gasteiger partial charge in [-0.15, -0.1) is 0 Å². The van der Waals surface area contributed by atoms with Gasteiger partial charge in [-0.05, 0) is 42.4 Å². The number of hydrogen-bond donors (Lipinski definition) is 2. The normalized spacial score (nSPS) is 17.0. The van der Waals surface area contributed by atoms with Gasteiger partial charge in [0.1, 0.15) is 0 Å². The molecule has 1 heterocycles. The van der Waals surface area contributed by atoms with Crippen LogP contribution < -0.4 is 4.72 Å². The number of benzene rings is 1. The van der Waals surface area contributed by atoms with Gasteiger partial charge in [0.2, 0.25) is 10.0 Å². The monoisotopic (exact) mass is 313 g/mol. The Kier molecular flexibility index (Phi) is 5.75. The first-order chi connectivity index (χ1) is 10.1. The summed E-state index contributed by atoms with van der Waals surface area (Å²) in [5.41, 5.74) is 1.38. The maximum absolute atomic E-state index is 12.5. The molecule has 1 saturated heterocycles. The van der Waals surface area contributed by atoms with Crippen LogP contribution in [-0.2, 0) is 27.8 Å². The molecule has 0 saturated carbocycles. The highest BCUT2D eigenvalue weighted by Gasteiger charge is 2.21. The molecule has 2 rings (SSSR count). The Bertz CT molecular complexity index is 565. The lowest BCUT2D eigenvalue weighted by atomic mass is 10.0. The fourth-order valence-electron chi connectivity index (χ4n) is 2.50. The van der Waals surface area contributed by atoms with E-state index in [2.05, 4.69) is 4.72 Å². The zero-order valence-corrected chi connectivity index (χ0v) is 13.2. The lowest BCUT2D eigenvalue weighted by Crippen LogP contribution is -2.32. The van der Waals surface area contributed by atoms with E-state index in [1.165, 1.54) is 0 Å². The Balaban J connectivity index is 2.14. The van der Waals surface area contributed by atoms with Crippen molar-refractivity contribution >= 4 is 10.0 Å². The van der Waals surface area contributed by atoms with Gasteiger partial charge in [-0.1, -0.05) is 19.1 Å². The van der Waals surface area contributed by atoms with E-state index in [0.717, 1.165) is 18.4 Å². The van der Waals surface area contributed by atoms with Crippen LogP contribution in [-0.4, -0.2) is 33.3 Å². The minimum absolute atomic E-state index is 0.160. The molecule has 0 spiro atoms. The van der Waals surface area contributed by atoms with E-state index in [9.17, 15) is 13.5 Å². The third-order valence-electron chi connectivity index (χ3n) is 3.89. The molecule has 1 aliphatic heterocycles. The fourth-order valence-corrected chi connectivity index (χ4v) is 3.97. The number of aryl methyl sites for hydroxylation is 1. The minimum atomic E-state index is -3.54. The number of ether oxygens (including phenoxy) is 1. The van der Waals surface area contributed by atoms with E-state index >= 15 is 0 Å². The van der Waals surface area contributed by atoms with Gasteiger partial charge in [-0.25, -0.2) is 13.1 Å². The Hall–Kier alpha value is -0.950. The fraction of sp³-hybridized carbons (Fsp3) is 0.600. The van der Waals surface area contributed by atoms with Crippen molar-refractivity contribution in [1.82, 2.24) is 4.72 Å². The lowest BCUT2D eigenvalue weighted by molar-refractivity contribution is 0.0678. The van der Waals surface area contributed by atoms with E-state index in [4.69, 9.17) is 4.74 Å². The molecule has 0 amide bonds. The first-order valence-corrected chi connectivity index (χ1v) is 8.85. The molecule has 0 aromatic heterocycles. The summed E-state index contributed by atoms with van der Waals surface area (Å²) in [7, 11) is -3.54. The molecule has 0 bridgehead atoms. The summed E-state index contributed by atoms with van der Waals surface area (Å²) >= 11 is 0. The van der Waals surface area contributed by atoms with Gasteiger partial charge in [0.15, 0.2) is 0 Å². The predicted molar refractivity (Wildman–Crippen MR) is 80.5 cm³/mol. The van der Waals surface area contributed by atoms with Crippen molar-refractivity contribution in [3.63, 3.8) is 0 Å². The summed E-state index contributed by atoms with van der Waals surface area (Å²) in [6, 6.07) is 5.09. The van der Waals surface area contributed by atoms with Crippen molar-refractivity contribution in [2.75, 3.05) is 19.8 Å². The third kappa shape index (κ3) is 4.26. The second-order valence-electron chi connectivity index (χ2n) is 5.36. The topological polar surface area (TPSA) is 75.6 Å². The van der Waals surface area contributed by atoms with Crippen LogP contribution >= 0.6 is 0 Å². The highest BCUT2D eigenvalue weighted by Crippen LogP contribution is 2.20. The Morgan fingerprint density at radius 1 is 1.33 bits per heavy atom. The smallest absolute Gasteiger partial charge is 0.240 e. The summed E-state index contributed by atoms with van der Waals surface area (Å²) < 4.78 is 33.0. The Morgan fingerprint density at radius 2 is 2.05 bits per heavy atom. The lowest BCUT2D eigenvalue weighted by Gasteiger charge is -2.22. The molecule has 0 unspecified atom stereocenters. The minimum Gasteiger partial charge on any atom is -0.392 e. The van der Waals surface area contributed by atoms with Crippen LogP contribution in [0.2, 0.25) is 0 Å². The molecule has 6 heteroatoms. The van der Waals surface area contributed by atoms with Gasteiger partial charge >= 0.3 is 0 Å². The Labute approximate surface area is 126 Å². The van der Waals surface area contributed by atoms with E-state index < -0.39 is 10.0 Å². The van der Waals surface area contributed by atoms with E-state index in [-0.39, 0.29) is 11.5 Å². The van der Waals surface area contributed by atoms with Crippen molar-refractivity contribution in [1.29, 1.82) is 0 Å². The average Bonchev–Trinajstić information content (AvgIpc) is 2.53. The van der Waals surface area contributed by atoms with E-state index in [0.29, 0.717) is 37.7 Å². The van der Waals surface area contributed by atoms with Crippen LogP contribution in [0, 0.1) is 5.92 Å². The van der Waals surface area contributed by atoms with Crippen LogP contribution in [0.25, 0.3) is 0 Å². The molecule has 1 aliphatic rings. The Morgan fingerprint density at radius 3 is 2.67 bits per heavy atom. The molecule has 1 aromatic carbocycles. The quantitative estimate of drug-likeness (QED) is 0.833. The van der Waals surface area contributed by atoms with Gasteiger partial charge in [0.05, 0.1) is 11.5 Å². The standard InChI is InChI=1S/C15H23NO4S/c1-2-14-4-3-13(11-17)9-15(14)21(18,19)16-10-12-5-7-20-8-6-12/h3-4,9,12,16-17H,2,5-8,10-11H2,1H3. The molecule has 21 heavy (non-hydrogen) atoms. The van der Waals surface area contributed by atoms with Gasteiger partial charge in [0, 0.05) is 19.8 Å².